The van der Waals surface area contributed by atoms with Crippen molar-refractivity contribution in [3.8, 4) is 11.5 Å². The van der Waals surface area contributed by atoms with E-state index >= 15 is 0 Å². The number of aromatic nitrogens is 2. The van der Waals surface area contributed by atoms with Crippen molar-refractivity contribution < 1.29 is 32.3 Å². The lowest BCUT2D eigenvalue weighted by atomic mass is 9.87. The second-order valence-corrected chi connectivity index (χ2v) is 20.2. The maximum absolute atomic E-state index is 14.0. The van der Waals surface area contributed by atoms with Crippen molar-refractivity contribution in [2.45, 2.75) is 68.5 Å². The van der Waals surface area contributed by atoms with Crippen LogP contribution in [0.3, 0.4) is 0 Å². The minimum Gasteiger partial charge on any atom is -0.455 e. The van der Waals surface area contributed by atoms with E-state index in [1.807, 2.05) is 18.2 Å². The van der Waals surface area contributed by atoms with Crippen LogP contribution in [0.1, 0.15) is 61.9 Å². The number of morpholine rings is 1. The number of carbonyl (C=O) groups excluding carboxylic acids is 1. The quantitative estimate of drug-likeness (QED) is 0.0767. The van der Waals surface area contributed by atoms with Crippen LogP contribution in [0, 0.1) is 10.1 Å². The highest BCUT2D eigenvalue weighted by atomic mass is 35.5. The van der Waals surface area contributed by atoms with Gasteiger partial charge in [0.15, 0.2) is 0 Å². The molecule has 348 valence electrons. The van der Waals surface area contributed by atoms with E-state index in [-0.39, 0.29) is 28.6 Å². The molecule has 3 N–H and O–H groups in total. The SMILES string of the molecule is CC1(C)CC(c2ccc(Cl)cc2)=C(CN2CCN(c3ccc(C(=O)NS(=O)(=O)c4ccc(N[C@H]5CC[C@H](N6CCOCC6)CC5)c([N+](=O)[O-])c4)c(Oc4cnc5[nH]ccc5c4)c3)CC2)CO1. The van der Waals surface area contributed by atoms with E-state index in [1.54, 1.807) is 24.4 Å². The molecule has 2 aromatic heterocycles. The third kappa shape index (κ3) is 10.5. The van der Waals surface area contributed by atoms with Crippen molar-refractivity contribution in [2.75, 3.05) is 75.9 Å². The summed E-state index contributed by atoms with van der Waals surface area (Å²) >= 11 is 6.23. The van der Waals surface area contributed by atoms with Gasteiger partial charge in [-0.25, -0.2) is 18.1 Å². The molecule has 3 aliphatic heterocycles. The number of nitrogens with zero attached hydrogens (tertiary/aromatic N) is 5. The maximum Gasteiger partial charge on any atom is 0.293 e. The molecule has 0 unspecified atom stereocenters. The van der Waals surface area contributed by atoms with Crippen LogP contribution in [0.15, 0.2) is 95.7 Å². The largest absolute Gasteiger partial charge is 0.455 e. The zero-order chi connectivity index (χ0) is 46.0. The fraction of sp³-hybridized carbons (Fsp3) is 0.417. The van der Waals surface area contributed by atoms with Gasteiger partial charge in [0, 0.05) is 98.7 Å². The molecule has 66 heavy (non-hydrogen) atoms. The summed E-state index contributed by atoms with van der Waals surface area (Å²) < 4.78 is 47.9. The molecule has 0 spiro atoms. The Kier molecular flexibility index (Phi) is 13.4. The normalized spacial score (nSPS) is 20.9. The zero-order valence-corrected chi connectivity index (χ0v) is 38.7. The molecule has 5 heterocycles. The highest BCUT2D eigenvalue weighted by molar-refractivity contribution is 7.90. The second kappa shape index (κ2) is 19.3. The third-order valence-corrected chi connectivity index (χ3v) is 14.7. The highest BCUT2D eigenvalue weighted by Crippen LogP contribution is 2.38. The number of hydrogen-bond donors (Lipinski definition) is 3. The summed E-state index contributed by atoms with van der Waals surface area (Å²) in [4.78, 5) is 39.9. The molecule has 18 heteroatoms. The number of rotatable bonds is 13. The predicted molar refractivity (Wildman–Crippen MR) is 254 cm³/mol. The summed E-state index contributed by atoms with van der Waals surface area (Å²) in [5, 5.41) is 17.1. The molecule has 0 atom stereocenters. The Bertz CT molecular complexity index is 2720. The summed E-state index contributed by atoms with van der Waals surface area (Å²) in [6.07, 6.45) is 7.62. The number of anilines is 2. The summed E-state index contributed by atoms with van der Waals surface area (Å²) in [6, 6.07) is 20.8. The topological polar surface area (TPSA) is 184 Å². The average molecular weight is 940 g/mol. The first-order valence-electron chi connectivity index (χ1n) is 22.5. The first-order chi connectivity index (χ1) is 31.8. The van der Waals surface area contributed by atoms with Gasteiger partial charge in [-0.15, -0.1) is 0 Å². The number of halogens is 1. The number of hydrogen-bond acceptors (Lipinski definition) is 13. The molecule has 9 rings (SSSR count). The molecule has 1 saturated carbocycles. The number of benzene rings is 3. The van der Waals surface area contributed by atoms with Crippen LogP contribution in [0.2, 0.25) is 5.02 Å². The summed E-state index contributed by atoms with van der Waals surface area (Å²) in [5.74, 6) is -0.494. The van der Waals surface area contributed by atoms with Crippen LogP contribution in [-0.4, -0.2) is 122 Å². The number of amides is 1. The fourth-order valence-corrected chi connectivity index (χ4v) is 10.6. The Morgan fingerprint density at radius 3 is 2.47 bits per heavy atom. The highest BCUT2D eigenvalue weighted by Gasteiger charge is 2.32. The minimum atomic E-state index is -4.58. The van der Waals surface area contributed by atoms with Crippen molar-refractivity contribution in [1.82, 2.24) is 24.5 Å². The Morgan fingerprint density at radius 2 is 1.73 bits per heavy atom. The molecule has 2 saturated heterocycles. The number of pyridine rings is 1. The maximum atomic E-state index is 14.0. The Hall–Kier alpha value is -5.56. The molecular formula is C48H55ClN8O8S. The Labute approximate surface area is 389 Å². The molecule has 3 aromatic carbocycles. The molecule has 5 aromatic rings. The number of nitro groups is 1. The van der Waals surface area contributed by atoms with E-state index in [9.17, 15) is 23.3 Å². The molecule has 3 fully saturated rings. The van der Waals surface area contributed by atoms with Crippen molar-refractivity contribution in [3.63, 3.8) is 0 Å². The summed E-state index contributed by atoms with van der Waals surface area (Å²) in [5.41, 5.74) is 4.65. The van der Waals surface area contributed by atoms with Crippen LogP contribution >= 0.6 is 11.6 Å². The van der Waals surface area contributed by atoms with Crippen LogP contribution in [-0.2, 0) is 19.5 Å². The molecule has 16 nitrogen and oxygen atoms in total. The molecule has 1 aliphatic carbocycles. The average Bonchev–Trinajstić information content (AvgIpc) is 3.79. The van der Waals surface area contributed by atoms with E-state index < -0.39 is 31.4 Å². The number of nitro benzene ring substituents is 1. The minimum absolute atomic E-state index is 0.00215. The zero-order valence-electron chi connectivity index (χ0n) is 37.1. The third-order valence-electron chi connectivity index (χ3n) is 13.1. The van der Waals surface area contributed by atoms with Gasteiger partial charge in [0.25, 0.3) is 21.6 Å². The van der Waals surface area contributed by atoms with Gasteiger partial charge in [-0.1, -0.05) is 23.7 Å². The van der Waals surface area contributed by atoms with Crippen molar-refractivity contribution in [1.29, 1.82) is 0 Å². The first-order valence-corrected chi connectivity index (χ1v) is 24.4. The van der Waals surface area contributed by atoms with E-state index in [0.29, 0.717) is 42.2 Å². The first kappa shape index (κ1) is 45.6. The lowest BCUT2D eigenvalue weighted by Gasteiger charge is -2.39. The van der Waals surface area contributed by atoms with Gasteiger partial charge in [-0.05, 0) is 105 Å². The van der Waals surface area contributed by atoms with Crippen molar-refractivity contribution >= 4 is 61.2 Å². The fourth-order valence-electron chi connectivity index (χ4n) is 9.52. The lowest BCUT2D eigenvalue weighted by Crippen LogP contribution is -2.47. The van der Waals surface area contributed by atoms with Crippen LogP contribution in [0.4, 0.5) is 17.1 Å². The van der Waals surface area contributed by atoms with Crippen molar-refractivity contribution in [3.05, 3.63) is 117 Å². The van der Waals surface area contributed by atoms with Gasteiger partial charge in [-0.3, -0.25) is 24.7 Å². The number of H-pyrrole nitrogens is 1. The van der Waals surface area contributed by atoms with E-state index in [2.05, 4.69) is 60.7 Å². The van der Waals surface area contributed by atoms with E-state index in [1.165, 1.54) is 35.5 Å². The Balaban J connectivity index is 0.904. The molecule has 0 bridgehead atoms. The number of nitrogens with one attached hydrogen (secondary N) is 3. The number of sulfonamides is 1. The van der Waals surface area contributed by atoms with Crippen molar-refractivity contribution in [2.24, 2.45) is 0 Å². The number of piperazine rings is 1. The smallest absolute Gasteiger partial charge is 0.293 e. The predicted octanol–water partition coefficient (Wildman–Crippen LogP) is 7.87. The van der Waals surface area contributed by atoms with Crippen LogP contribution < -0.4 is 19.7 Å². The second-order valence-electron chi connectivity index (χ2n) is 18.1. The number of ether oxygens (including phenoxy) is 3. The molecular weight excluding hydrogens is 884 g/mol. The number of fused-ring (bicyclic) bond motifs is 1. The van der Waals surface area contributed by atoms with Gasteiger partial charge in [0.05, 0.1) is 47.0 Å². The van der Waals surface area contributed by atoms with Gasteiger partial charge in [-0.2, -0.15) is 0 Å². The summed E-state index contributed by atoms with van der Waals surface area (Å²) in [7, 11) is -4.58. The standard InChI is InChI=1S/C48H55ClN8O8S/c1-48(2)28-42(32-3-5-35(49)6-4-32)34(31-64-48)30-54-17-19-55(20-18-54)38-11-13-41(45(26-38)65-39-25-33-15-16-50-46(33)51-29-39)47(58)53-66(61,62)40-12-14-43(44(27-40)57(59)60)52-36-7-9-37(10-8-36)56-21-23-63-24-22-56/h3-6,11-16,25-27,29,36-37,52H,7-10,17-24,28,30-31H2,1-2H3,(H,50,51)(H,53,58)/t36-,37-. The van der Waals surface area contributed by atoms with E-state index in [4.69, 9.17) is 25.8 Å². The van der Waals surface area contributed by atoms with Crippen LogP contribution in [0.25, 0.3) is 16.6 Å². The number of aromatic amines is 1. The van der Waals surface area contributed by atoms with Gasteiger partial charge in [0.1, 0.15) is 22.8 Å². The Morgan fingerprint density at radius 1 is 0.970 bits per heavy atom. The number of carbonyl (C=O) groups is 1. The summed E-state index contributed by atoms with van der Waals surface area (Å²) in [6.45, 7) is 11.7. The van der Waals surface area contributed by atoms with Gasteiger partial charge in [0.2, 0.25) is 0 Å². The monoisotopic (exact) mass is 938 g/mol. The lowest BCUT2D eigenvalue weighted by molar-refractivity contribution is -0.384. The molecule has 1 amide bonds. The van der Waals surface area contributed by atoms with Crippen LogP contribution in [0.5, 0.6) is 11.5 Å². The van der Waals surface area contributed by atoms with E-state index in [0.717, 1.165) is 101 Å². The molecule has 0 radical (unpaired) electrons. The van der Waals surface area contributed by atoms with Gasteiger partial charge >= 0.3 is 0 Å². The molecule has 4 aliphatic rings. The van der Waals surface area contributed by atoms with Gasteiger partial charge < -0.3 is 29.4 Å².